The van der Waals surface area contributed by atoms with Crippen LogP contribution in [0.1, 0.15) is 11.5 Å². The van der Waals surface area contributed by atoms with E-state index in [1.54, 1.807) is 35.7 Å². The number of benzene rings is 3. The Labute approximate surface area is 188 Å². The molecular weight excluding hydrogens is 424 g/mol. The topological polar surface area (TPSA) is 67.9 Å². The summed E-state index contributed by atoms with van der Waals surface area (Å²) < 4.78 is 38.4. The van der Waals surface area contributed by atoms with Crippen molar-refractivity contribution in [1.29, 1.82) is 0 Å². The van der Waals surface area contributed by atoms with Crippen molar-refractivity contribution in [1.82, 2.24) is 9.62 Å². The Morgan fingerprint density at radius 3 is 2.09 bits per heavy atom. The van der Waals surface area contributed by atoms with E-state index in [-0.39, 0.29) is 17.0 Å². The SMILES string of the molecule is COc1cccc(-c2ccc(C3[C@@H]4CN(S(=O)(=O)c5cccc(OC)c5)C[C@H]3N4)cc2)c1. The van der Waals surface area contributed by atoms with E-state index >= 15 is 0 Å². The Balaban J connectivity index is 1.31. The van der Waals surface area contributed by atoms with E-state index in [0.717, 1.165) is 16.9 Å². The number of sulfonamides is 1. The van der Waals surface area contributed by atoms with Crippen LogP contribution in [0.5, 0.6) is 11.5 Å². The predicted molar refractivity (Wildman–Crippen MR) is 124 cm³/mol. The molecule has 0 aromatic heterocycles. The Morgan fingerprint density at radius 1 is 0.812 bits per heavy atom. The Hall–Kier alpha value is -2.87. The molecule has 1 unspecified atom stereocenters. The van der Waals surface area contributed by atoms with Crippen LogP contribution in [0.2, 0.25) is 0 Å². The molecule has 3 atom stereocenters. The maximum absolute atomic E-state index is 13.2. The van der Waals surface area contributed by atoms with Crippen LogP contribution in [0.4, 0.5) is 0 Å². The third-order valence-corrected chi connectivity index (χ3v) is 8.30. The number of nitrogens with one attached hydrogen (secondary N) is 1. The molecule has 3 heterocycles. The van der Waals surface area contributed by atoms with E-state index in [4.69, 9.17) is 9.47 Å². The van der Waals surface area contributed by atoms with Crippen LogP contribution in [0.25, 0.3) is 11.1 Å². The lowest BCUT2D eigenvalue weighted by atomic mass is 9.75. The van der Waals surface area contributed by atoms with Crippen molar-refractivity contribution in [2.45, 2.75) is 22.9 Å². The number of fused-ring (bicyclic) bond motifs is 2. The second-order valence-corrected chi connectivity index (χ2v) is 10.2. The Kier molecular flexibility index (Phi) is 5.41. The van der Waals surface area contributed by atoms with Gasteiger partial charge in [0, 0.05) is 37.2 Å². The van der Waals surface area contributed by atoms with Gasteiger partial charge >= 0.3 is 0 Å². The standard InChI is InChI=1S/C25H26N2O4S/c1-30-20-6-3-5-19(13-20)17-9-11-18(12-10-17)25-23-15-27(16-24(25)26-23)32(28,29)22-8-4-7-21(14-22)31-2/h3-14,23-26H,15-16H2,1-2H3/t23-,24+,25?. The molecule has 3 aliphatic heterocycles. The second kappa shape index (κ2) is 8.24. The minimum Gasteiger partial charge on any atom is -0.497 e. The molecule has 3 aromatic rings. The summed E-state index contributed by atoms with van der Waals surface area (Å²) in [7, 11) is -0.344. The summed E-state index contributed by atoms with van der Waals surface area (Å²) in [6.45, 7) is 0.913. The smallest absolute Gasteiger partial charge is 0.243 e. The highest BCUT2D eigenvalue weighted by molar-refractivity contribution is 7.89. The van der Waals surface area contributed by atoms with Gasteiger partial charge in [-0.1, -0.05) is 42.5 Å². The zero-order valence-corrected chi connectivity index (χ0v) is 18.9. The quantitative estimate of drug-likeness (QED) is 0.623. The van der Waals surface area contributed by atoms with Crippen molar-refractivity contribution < 1.29 is 17.9 Å². The fourth-order valence-corrected chi connectivity index (χ4v) is 6.29. The van der Waals surface area contributed by atoms with Gasteiger partial charge in [0.05, 0.1) is 19.1 Å². The van der Waals surface area contributed by atoms with Crippen LogP contribution in [-0.2, 0) is 10.0 Å². The molecule has 3 aliphatic rings. The van der Waals surface area contributed by atoms with Gasteiger partial charge < -0.3 is 14.8 Å². The first kappa shape index (κ1) is 21.0. The molecule has 1 N–H and O–H groups in total. The van der Waals surface area contributed by atoms with Crippen LogP contribution >= 0.6 is 0 Å². The summed E-state index contributed by atoms with van der Waals surface area (Å²) in [5.41, 5.74) is 3.48. The molecule has 3 saturated heterocycles. The molecule has 3 aromatic carbocycles. The van der Waals surface area contributed by atoms with Crippen molar-refractivity contribution in [2.24, 2.45) is 0 Å². The lowest BCUT2D eigenvalue weighted by Gasteiger charge is -2.54. The molecule has 6 rings (SSSR count). The average molecular weight is 451 g/mol. The van der Waals surface area contributed by atoms with Gasteiger partial charge in [-0.15, -0.1) is 0 Å². The first-order valence-electron chi connectivity index (χ1n) is 10.6. The monoisotopic (exact) mass is 450 g/mol. The van der Waals surface area contributed by atoms with Gasteiger partial charge in [0.2, 0.25) is 10.0 Å². The van der Waals surface area contributed by atoms with E-state index in [1.165, 1.54) is 12.7 Å². The third-order valence-electron chi connectivity index (χ3n) is 6.47. The number of methoxy groups -OCH3 is 2. The first-order chi connectivity index (χ1) is 15.5. The first-order valence-corrected chi connectivity index (χ1v) is 12.1. The normalized spacial score (nSPS) is 22.8. The van der Waals surface area contributed by atoms with E-state index in [0.29, 0.717) is 24.8 Å². The van der Waals surface area contributed by atoms with Gasteiger partial charge in [-0.05, 0) is 41.0 Å². The molecule has 0 saturated carbocycles. The average Bonchev–Trinajstić information content (AvgIpc) is 2.84. The summed E-state index contributed by atoms with van der Waals surface area (Å²) in [5, 5.41) is 3.52. The predicted octanol–water partition coefficient (Wildman–Crippen LogP) is 3.50. The van der Waals surface area contributed by atoms with Crippen molar-refractivity contribution in [3.05, 3.63) is 78.4 Å². The van der Waals surface area contributed by atoms with E-state index in [1.807, 2.05) is 18.2 Å². The largest absolute Gasteiger partial charge is 0.497 e. The fourth-order valence-electron chi connectivity index (χ4n) is 4.76. The van der Waals surface area contributed by atoms with Crippen molar-refractivity contribution in [2.75, 3.05) is 27.3 Å². The highest BCUT2D eigenvalue weighted by Crippen LogP contribution is 2.39. The van der Waals surface area contributed by atoms with Gasteiger partial charge in [-0.3, -0.25) is 0 Å². The van der Waals surface area contributed by atoms with Gasteiger partial charge in [0.15, 0.2) is 0 Å². The maximum Gasteiger partial charge on any atom is 0.243 e. The van der Waals surface area contributed by atoms with Gasteiger partial charge in [-0.25, -0.2) is 8.42 Å². The third kappa shape index (κ3) is 3.66. The van der Waals surface area contributed by atoms with E-state index in [9.17, 15) is 8.42 Å². The number of hydrogen-bond acceptors (Lipinski definition) is 5. The second-order valence-electron chi connectivity index (χ2n) is 8.26. The zero-order valence-electron chi connectivity index (χ0n) is 18.1. The number of hydrogen-bond donors (Lipinski definition) is 1. The number of nitrogens with zero attached hydrogens (tertiary/aromatic N) is 1. The molecule has 7 heteroatoms. The Bertz CT molecular complexity index is 1210. The molecule has 6 nitrogen and oxygen atoms in total. The lowest BCUT2D eigenvalue weighted by molar-refractivity contribution is 0.102. The maximum atomic E-state index is 13.2. The van der Waals surface area contributed by atoms with Gasteiger partial charge in [0.25, 0.3) is 0 Å². The summed E-state index contributed by atoms with van der Waals surface area (Å²) in [4.78, 5) is 0.275. The highest BCUT2D eigenvalue weighted by Gasteiger charge is 2.49. The van der Waals surface area contributed by atoms with Gasteiger partial charge in [0.1, 0.15) is 11.5 Å². The number of rotatable bonds is 6. The van der Waals surface area contributed by atoms with Crippen LogP contribution in [0.3, 0.4) is 0 Å². The summed E-state index contributed by atoms with van der Waals surface area (Å²) in [6, 6.07) is 23.5. The van der Waals surface area contributed by atoms with Crippen LogP contribution in [0, 0.1) is 0 Å². The molecule has 166 valence electrons. The van der Waals surface area contributed by atoms with E-state index in [2.05, 4.69) is 35.6 Å². The fraction of sp³-hybridized carbons (Fsp3) is 0.280. The molecule has 2 bridgehead atoms. The molecular formula is C25H26N2O4S. The van der Waals surface area contributed by atoms with Crippen LogP contribution in [0.15, 0.2) is 77.7 Å². The van der Waals surface area contributed by atoms with Crippen molar-refractivity contribution >= 4 is 10.0 Å². The Morgan fingerprint density at radius 2 is 1.44 bits per heavy atom. The van der Waals surface area contributed by atoms with Crippen molar-refractivity contribution in [3.8, 4) is 22.6 Å². The summed E-state index contributed by atoms with van der Waals surface area (Å²) in [5.74, 6) is 1.69. The molecule has 32 heavy (non-hydrogen) atoms. The summed E-state index contributed by atoms with van der Waals surface area (Å²) >= 11 is 0. The minimum absolute atomic E-state index is 0.108. The molecule has 0 aliphatic carbocycles. The van der Waals surface area contributed by atoms with Crippen molar-refractivity contribution in [3.63, 3.8) is 0 Å². The summed E-state index contributed by atoms with van der Waals surface area (Å²) in [6.07, 6.45) is 0. The molecule has 3 fully saturated rings. The van der Waals surface area contributed by atoms with E-state index < -0.39 is 10.0 Å². The minimum atomic E-state index is -3.55. The highest BCUT2D eigenvalue weighted by atomic mass is 32.2. The van der Waals surface area contributed by atoms with Crippen LogP contribution < -0.4 is 14.8 Å². The number of piperazine rings is 1. The molecule has 0 spiro atoms. The van der Waals surface area contributed by atoms with Crippen LogP contribution in [-0.4, -0.2) is 52.1 Å². The zero-order chi connectivity index (χ0) is 22.3. The lowest BCUT2D eigenvalue weighted by Crippen LogP contribution is -2.72. The van der Waals surface area contributed by atoms with Gasteiger partial charge in [-0.2, -0.15) is 4.31 Å². The number of ether oxygens (including phenoxy) is 2. The number of piperidine rings is 1. The molecule has 0 radical (unpaired) electrons. The molecule has 0 amide bonds.